The van der Waals surface area contributed by atoms with E-state index in [1.54, 1.807) is 24.3 Å². The van der Waals surface area contributed by atoms with E-state index in [9.17, 15) is 29.4 Å². The third-order valence-corrected chi connectivity index (χ3v) is 6.23. The van der Waals surface area contributed by atoms with Crippen molar-refractivity contribution in [1.82, 2.24) is 0 Å². The van der Waals surface area contributed by atoms with Crippen LogP contribution in [-0.2, 0) is 19.2 Å². The summed E-state index contributed by atoms with van der Waals surface area (Å²) in [7, 11) is 0. The Balaban J connectivity index is 1.59. The number of hydrogen-bond acceptors (Lipinski definition) is 6. The molecule has 0 saturated heterocycles. The van der Waals surface area contributed by atoms with Crippen molar-refractivity contribution in [2.75, 3.05) is 10.6 Å². The number of nitrogens with one attached hydrogen (secondary N) is 2. The minimum Gasteiger partial charge on any atom is -0.550 e. The highest BCUT2D eigenvalue weighted by molar-refractivity contribution is 5.97. The molecule has 2 saturated carbocycles. The first-order valence-electron chi connectivity index (χ1n) is 10.5. The molecule has 3 rings (SSSR count). The van der Waals surface area contributed by atoms with Crippen LogP contribution in [0.15, 0.2) is 24.3 Å². The zero-order chi connectivity index (χ0) is 21.7. The Morgan fingerprint density at radius 1 is 0.600 bits per heavy atom. The average molecular weight is 414 g/mol. The predicted octanol–water partition coefficient (Wildman–Crippen LogP) is 0.676. The number of rotatable bonds is 6. The van der Waals surface area contributed by atoms with Crippen LogP contribution in [-0.4, -0.2) is 23.8 Å². The summed E-state index contributed by atoms with van der Waals surface area (Å²) in [4.78, 5) is 47.6. The molecule has 1 aromatic carbocycles. The van der Waals surface area contributed by atoms with E-state index in [0.717, 1.165) is 25.7 Å². The molecule has 2 aliphatic carbocycles. The van der Waals surface area contributed by atoms with Gasteiger partial charge in [0.1, 0.15) is 0 Å². The molecule has 4 atom stereocenters. The summed E-state index contributed by atoms with van der Waals surface area (Å²) in [6, 6.07) is 6.45. The first-order valence-corrected chi connectivity index (χ1v) is 10.5. The van der Waals surface area contributed by atoms with Crippen molar-refractivity contribution in [1.29, 1.82) is 0 Å². The van der Waals surface area contributed by atoms with Crippen LogP contribution in [0.25, 0.3) is 0 Å². The first kappa shape index (κ1) is 21.8. The molecular formula is C22H26N2O6-2. The number of aliphatic carboxylic acids is 2. The zero-order valence-corrected chi connectivity index (χ0v) is 16.7. The quantitative estimate of drug-likeness (QED) is 0.702. The molecule has 2 fully saturated rings. The van der Waals surface area contributed by atoms with E-state index in [2.05, 4.69) is 10.6 Å². The maximum Gasteiger partial charge on any atom is 0.228 e. The van der Waals surface area contributed by atoms with Crippen molar-refractivity contribution < 1.29 is 29.4 Å². The molecule has 8 nitrogen and oxygen atoms in total. The highest BCUT2D eigenvalue weighted by Gasteiger charge is 2.33. The Kier molecular flexibility index (Phi) is 7.07. The molecule has 2 aliphatic rings. The minimum absolute atomic E-state index is 0.348. The smallest absolute Gasteiger partial charge is 0.228 e. The number of carbonyl (C=O) groups is 4. The second-order valence-corrected chi connectivity index (χ2v) is 8.19. The molecular weight excluding hydrogens is 388 g/mol. The molecule has 30 heavy (non-hydrogen) atoms. The predicted molar refractivity (Wildman–Crippen MR) is 105 cm³/mol. The van der Waals surface area contributed by atoms with Gasteiger partial charge in [0.2, 0.25) is 11.8 Å². The van der Waals surface area contributed by atoms with E-state index in [1.807, 2.05) is 0 Å². The van der Waals surface area contributed by atoms with Crippen molar-refractivity contribution in [3.63, 3.8) is 0 Å². The maximum atomic E-state index is 12.5. The lowest BCUT2D eigenvalue weighted by Crippen LogP contribution is -2.42. The summed E-state index contributed by atoms with van der Waals surface area (Å²) < 4.78 is 0. The molecule has 0 radical (unpaired) electrons. The van der Waals surface area contributed by atoms with Crippen LogP contribution >= 0.6 is 0 Å². The van der Waals surface area contributed by atoms with Crippen LogP contribution in [0, 0.1) is 23.7 Å². The molecule has 0 heterocycles. The summed E-state index contributed by atoms with van der Waals surface area (Å²) >= 11 is 0. The molecule has 0 aliphatic heterocycles. The number of anilines is 2. The van der Waals surface area contributed by atoms with Gasteiger partial charge in [-0.05, 0) is 49.9 Å². The molecule has 4 unspecified atom stereocenters. The second-order valence-electron chi connectivity index (χ2n) is 8.19. The van der Waals surface area contributed by atoms with E-state index >= 15 is 0 Å². The topological polar surface area (TPSA) is 138 Å². The highest BCUT2D eigenvalue weighted by Crippen LogP contribution is 2.32. The Hall–Kier alpha value is -2.90. The van der Waals surface area contributed by atoms with E-state index in [4.69, 9.17) is 0 Å². The SMILES string of the molecule is O=C([O-])C1CCCCC1C(=O)Nc1ccc(NC(=O)C2CCCCC2C(=O)[O-])cc1. The standard InChI is InChI=1S/C22H28N2O6/c25-19(15-5-1-3-7-17(15)21(27)28)23-13-9-11-14(12-10-13)24-20(26)16-6-2-4-8-18(16)22(29)30/h9-12,15-18H,1-8H2,(H,23,25)(H,24,26)(H,27,28)(H,29,30)/p-2. The van der Waals surface area contributed by atoms with E-state index in [1.165, 1.54) is 0 Å². The Labute approximate surface area is 175 Å². The normalized spacial score (nSPS) is 26.4. The maximum absolute atomic E-state index is 12.5. The van der Waals surface area contributed by atoms with Crippen LogP contribution in [0.4, 0.5) is 11.4 Å². The van der Waals surface area contributed by atoms with Crippen LogP contribution in [0.3, 0.4) is 0 Å². The number of hydrogen-bond donors (Lipinski definition) is 2. The van der Waals surface area contributed by atoms with Gasteiger partial charge in [0.15, 0.2) is 0 Å². The minimum atomic E-state index is -1.19. The molecule has 2 amide bonds. The van der Waals surface area contributed by atoms with Crippen molar-refractivity contribution in [3.8, 4) is 0 Å². The third kappa shape index (κ3) is 5.17. The lowest BCUT2D eigenvalue weighted by Gasteiger charge is -2.31. The van der Waals surface area contributed by atoms with Gasteiger partial charge < -0.3 is 30.4 Å². The zero-order valence-electron chi connectivity index (χ0n) is 16.7. The van der Waals surface area contributed by atoms with Gasteiger partial charge in [-0.2, -0.15) is 0 Å². The highest BCUT2D eigenvalue weighted by atomic mass is 16.4. The fraction of sp³-hybridized carbons (Fsp3) is 0.545. The van der Waals surface area contributed by atoms with Crippen molar-refractivity contribution in [3.05, 3.63) is 24.3 Å². The van der Waals surface area contributed by atoms with Gasteiger partial charge in [-0.25, -0.2) is 0 Å². The largest absolute Gasteiger partial charge is 0.550 e. The lowest BCUT2D eigenvalue weighted by atomic mass is 9.78. The average Bonchev–Trinajstić information content (AvgIpc) is 2.75. The molecule has 1 aromatic rings. The van der Waals surface area contributed by atoms with Crippen LogP contribution in [0.1, 0.15) is 51.4 Å². The van der Waals surface area contributed by atoms with Gasteiger partial charge in [-0.3, -0.25) is 9.59 Å². The van der Waals surface area contributed by atoms with E-state index in [-0.39, 0.29) is 11.8 Å². The van der Waals surface area contributed by atoms with Gasteiger partial charge in [0, 0.05) is 47.0 Å². The molecule has 0 spiro atoms. The fourth-order valence-corrected chi connectivity index (χ4v) is 4.56. The number of amides is 2. The van der Waals surface area contributed by atoms with Crippen LogP contribution < -0.4 is 20.8 Å². The van der Waals surface area contributed by atoms with Crippen LogP contribution in [0.2, 0.25) is 0 Å². The molecule has 162 valence electrons. The molecule has 8 heteroatoms. The molecule has 0 aromatic heterocycles. The number of carboxylic acid groups (broad SMARTS) is 2. The summed E-state index contributed by atoms with van der Waals surface area (Å²) in [5, 5.41) is 28.1. The van der Waals surface area contributed by atoms with Crippen molar-refractivity contribution in [2.24, 2.45) is 23.7 Å². The molecule has 0 bridgehead atoms. The Morgan fingerprint density at radius 2 is 0.900 bits per heavy atom. The van der Waals surface area contributed by atoms with E-state index in [0.29, 0.717) is 37.1 Å². The summed E-state index contributed by atoms with van der Waals surface area (Å²) in [5.74, 6) is -5.85. The fourth-order valence-electron chi connectivity index (χ4n) is 4.56. The monoisotopic (exact) mass is 414 g/mol. The van der Waals surface area contributed by atoms with Gasteiger partial charge in [-0.1, -0.05) is 25.7 Å². The lowest BCUT2D eigenvalue weighted by molar-refractivity contribution is -0.315. The Bertz CT molecular complexity index is 739. The summed E-state index contributed by atoms with van der Waals surface area (Å²) in [6.07, 6.45) is 5.08. The van der Waals surface area contributed by atoms with Crippen molar-refractivity contribution in [2.45, 2.75) is 51.4 Å². The van der Waals surface area contributed by atoms with Crippen LogP contribution in [0.5, 0.6) is 0 Å². The van der Waals surface area contributed by atoms with Gasteiger partial charge in [-0.15, -0.1) is 0 Å². The molecule has 2 N–H and O–H groups in total. The number of benzene rings is 1. The van der Waals surface area contributed by atoms with Gasteiger partial charge >= 0.3 is 0 Å². The van der Waals surface area contributed by atoms with Gasteiger partial charge in [0.25, 0.3) is 0 Å². The number of carbonyl (C=O) groups excluding carboxylic acids is 4. The first-order chi connectivity index (χ1) is 14.4. The Morgan fingerprint density at radius 3 is 1.20 bits per heavy atom. The summed E-state index contributed by atoms with van der Waals surface area (Å²) in [6.45, 7) is 0. The second kappa shape index (κ2) is 9.73. The third-order valence-electron chi connectivity index (χ3n) is 6.23. The number of carboxylic acids is 2. The van der Waals surface area contributed by atoms with E-state index < -0.39 is 35.6 Å². The van der Waals surface area contributed by atoms with Crippen molar-refractivity contribution >= 4 is 35.1 Å². The van der Waals surface area contributed by atoms with Gasteiger partial charge in [0.05, 0.1) is 0 Å². The summed E-state index contributed by atoms with van der Waals surface area (Å²) in [5.41, 5.74) is 0.983.